The van der Waals surface area contributed by atoms with E-state index in [2.05, 4.69) is 56.9 Å². The number of piperazine rings is 1. The summed E-state index contributed by atoms with van der Waals surface area (Å²) < 4.78 is 5.01. The van der Waals surface area contributed by atoms with Gasteiger partial charge in [-0.3, -0.25) is 4.79 Å². The van der Waals surface area contributed by atoms with Crippen molar-refractivity contribution >= 4 is 11.7 Å². The van der Waals surface area contributed by atoms with Crippen molar-refractivity contribution in [1.82, 2.24) is 14.9 Å². The number of ether oxygens (including phenoxy) is 1. The maximum absolute atomic E-state index is 12.2. The second-order valence-electron chi connectivity index (χ2n) is 8.24. The number of hydrogen-bond acceptors (Lipinski definition) is 5. The molecule has 0 spiro atoms. The molecule has 162 valence electrons. The van der Waals surface area contributed by atoms with Gasteiger partial charge in [0, 0.05) is 56.9 Å². The van der Waals surface area contributed by atoms with Crippen LogP contribution in [0.2, 0.25) is 0 Å². The van der Waals surface area contributed by atoms with Gasteiger partial charge < -0.3 is 14.5 Å². The molecular weight excluding hydrogens is 376 g/mol. The van der Waals surface area contributed by atoms with Crippen molar-refractivity contribution in [2.45, 2.75) is 46.5 Å². The topological polar surface area (TPSA) is 58.6 Å². The molecule has 1 aromatic carbocycles. The Kier molecular flexibility index (Phi) is 7.43. The molecule has 6 nitrogen and oxygen atoms in total. The molecule has 2 heterocycles. The van der Waals surface area contributed by atoms with E-state index in [1.807, 2.05) is 4.90 Å². The van der Waals surface area contributed by atoms with E-state index in [-0.39, 0.29) is 12.5 Å². The molecule has 6 heteroatoms. The number of aryl methyl sites for hydroxylation is 2. The van der Waals surface area contributed by atoms with Crippen molar-refractivity contribution in [1.29, 1.82) is 0 Å². The molecule has 1 aliphatic heterocycles. The van der Waals surface area contributed by atoms with Crippen LogP contribution in [0.3, 0.4) is 0 Å². The summed E-state index contributed by atoms with van der Waals surface area (Å²) in [6.45, 7) is 11.6. The summed E-state index contributed by atoms with van der Waals surface area (Å²) in [7, 11) is 1.56. The zero-order valence-electron chi connectivity index (χ0n) is 18.9. The maximum Gasteiger partial charge on any atom is 0.248 e. The molecule has 30 heavy (non-hydrogen) atoms. The minimum Gasteiger partial charge on any atom is -0.375 e. The first kappa shape index (κ1) is 22.2. The van der Waals surface area contributed by atoms with Crippen molar-refractivity contribution in [2.24, 2.45) is 0 Å². The number of amides is 1. The SMILES string of the molecule is CC[C@@H](C)c1nc(C)c(Cc2ccc(C)cc2)c(N2CCN(C(=O)COC)CC2)n1. The first-order valence-corrected chi connectivity index (χ1v) is 10.9. The van der Waals surface area contributed by atoms with Gasteiger partial charge in [-0.1, -0.05) is 43.7 Å². The summed E-state index contributed by atoms with van der Waals surface area (Å²) in [4.78, 5) is 26.3. The van der Waals surface area contributed by atoms with Crippen LogP contribution < -0.4 is 4.90 Å². The van der Waals surface area contributed by atoms with Crippen molar-refractivity contribution in [3.05, 3.63) is 52.5 Å². The van der Waals surface area contributed by atoms with Crippen LogP contribution in [-0.4, -0.2) is 60.7 Å². The number of aromatic nitrogens is 2. The van der Waals surface area contributed by atoms with E-state index in [0.717, 1.165) is 43.3 Å². The van der Waals surface area contributed by atoms with Crippen LogP contribution in [0.15, 0.2) is 24.3 Å². The highest BCUT2D eigenvalue weighted by Crippen LogP contribution is 2.28. The summed E-state index contributed by atoms with van der Waals surface area (Å²) in [6.07, 6.45) is 1.82. The predicted octanol–water partition coefficient (Wildman–Crippen LogP) is 3.49. The van der Waals surface area contributed by atoms with Crippen molar-refractivity contribution in [2.75, 3.05) is 44.8 Å². The minimum absolute atomic E-state index is 0.0520. The van der Waals surface area contributed by atoms with E-state index < -0.39 is 0 Å². The minimum atomic E-state index is 0.0520. The predicted molar refractivity (Wildman–Crippen MR) is 120 cm³/mol. The van der Waals surface area contributed by atoms with Crippen LogP contribution >= 0.6 is 0 Å². The Hall–Kier alpha value is -2.47. The molecule has 1 atom stereocenters. The number of rotatable bonds is 7. The standard InChI is InChI=1S/C24H34N4O2/c1-6-18(3)23-25-19(4)21(15-20-9-7-17(2)8-10-20)24(26-23)28-13-11-27(12-14-28)22(29)16-30-5/h7-10,18H,6,11-16H2,1-5H3/t18-/m1/s1. The van der Waals surface area contributed by atoms with E-state index in [1.54, 1.807) is 7.11 Å². The van der Waals surface area contributed by atoms with Crippen LogP contribution in [-0.2, 0) is 16.0 Å². The summed E-state index contributed by atoms with van der Waals surface area (Å²) in [6, 6.07) is 8.67. The second kappa shape index (κ2) is 10.0. The van der Waals surface area contributed by atoms with E-state index in [0.29, 0.717) is 19.0 Å². The lowest BCUT2D eigenvalue weighted by Crippen LogP contribution is -2.50. The normalized spacial score (nSPS) is 15.4. The van der Waals surface area contributed by atoms with E-state index in [9.17, 15) is 4.79 Å². The van der Waals surface area contributed by atoms with Gasteiger partial charge in [-0.2, -0.15) is 0 Å². The van der Waals surface area contributed by atoms with Gasteiger partial charge in [0.2, 0.25) is 5.91 Å². The highest BCUT2D eigenvalue weighted by atomic mass is 16.5. The number of carbonyl (C=O) groups excluding carboxylic acids is 1. The van der Waals surface area contributed by atoms with Gasteiger partial charge in [-0.25, -0.2) is 9.97 Å². The Balaban J connectivity index is 1.89. The Morgan fingerprint density at radius 2 is 1.77 bits per heavy atom. The third kappa shape index (κ3) is 5.17. The number of methoxy groups -OCH3 is 1. The molecule has 0 aliphatic carbocycles. The first-order chi connectivity index (χ1) is 14.4. The van der Waals surface area contributed by atoms with Crippen LogP contribution in [0.4, 0.5) is 5.82 Å². The lowest BCUT2D eigenvalue weighted by molar-refractivity contribution is -0.135. The van der Waals surface area contributed by atoms with Crippen LogP contribution in [0.25, 0.3) is 0 Å². The fraction of sp³-hybridized carbons (Fsp3) is 0.542. The summed E-state index contributed by atoms with van der Waals surface area (Å²) in [5.74, 6) is 2.31. The molecule has 1 aliphatic rings. The highest BCUT2D eigenvalue weighted by Gasteiger charge is 2.25. The third-order valence-electron chi connectivity index (χ3n) is 5.96. The summed E-state index contributed by atoms with van der Waals surface area (Å²) in [5.41, 5.74) is 4.76. The number of hydrogen-bond donors (Lipinski definition) is 0. The lowest BCUT2D eigenvalue weighted by atomic mass is 10.0. The summed E-state index contributed by atoms with van der Waals surface area (Å²) in [5, 5.41) is 0. The first-order valence-electron chi connectivity index (χ1n) is 10.9. The number of carbonyl (C=O) groups is 1. The van der Waals surface area contributed by atoms with Crippen LogP contribution in [0, 0.1) is 13.8 Å². The molecular formula is C24H34N4O2. The molecule has 1 saturated heterocycles. The number of nitrogens with zero attached hydrogens (tertiary/aromatic N) is 4. The van der Waals surface area contributed by atoms with E-state index in [1.165, 1.54) is 16.7 Å². The van der Waals surface area contributed by atoms with E-state index in [4.69, 9.17) is 14.7 Å². The molecule has 0 saturated carbocycles. The summed E-state index contributed by atoms with van der Waals surface area (Å²) >= 11 is 0. The lowest BCUT2D eigenvalue weighted by Gasteiger charge is -2.36. The Morgan fingerprint density at radius 3 is 2.37 bits per heavy atom. The van der Waals surface area contributed by atoms with Gasteiger partial charge >= 0.3 is 0 Å². The molecule has 1 amide bonds. The van der Waals surface area contributed by atoms with Crippen LogP contribution in [0.5, 0.6) is 0 Å². The van der Waals surface area contributed by atoms with Crippen molar-refractivity contribution in [3.8, 4) is 0 Å². The fourth-order valence-corrected chi connectivity index (χ4v) is 3.77. The highest BCUT2D eigenvalue weighted by molar-refractivity contribution is 5.77. The molecule has 0 unspecified atom stereocenters. The Bertz CT molecular complexity index is 858. The van der Waals surface area contributed by atoms with Gasteiger partial charge in [0.1, 0.15) is 18.2 Å². The molecule has 0 bridgehead atoms. The number of anilines is 1. The van der Waals surface area contributed by atoms with Gasteiger partial charge in [-0.05, 0) is 25.8 Å². The molecule has 1 aromatic heterocycles. The molecule has 3 rings (SSSR count). The molecule has 0 radical (unpaired) electrons. The van der Waals surface area contributed by atoms with Gasteiger partial charge in [0.25, 0.3) is 0 Å². The van der Waals surface area contributed by atoms with Crippen molar-refractivity contribution in [3.63, 3.8) is 0 Å². The van der Waals surface area contributed by atoms with E-state index >= 15 is 0 Å². The molecule has 2 aromatic rings. The third-order valence-corrected chi connectivity index (χ3v) is 5.96. The van der Waals surface area contributed by atoms with Gasteiger partial charge in [0.15, 0.2) is 0 Å². The molecule has 1 fully saturated rings. The molecule has 0 N–H and O–H groups in total. The second-order valence-corrected chi connectivity index (χ2v) is 8.24. The van der Waals surface area contributed by atoms with Crippen molar-refractivity contribution < 1.29 is 9.53 Å². The quantitative estimate of drug-likeness (QED) is 0.699. The average Bonchev–Trinajstić information content (AvgIpc) is 2.76. The Morgan fingerprint density at radius 1 is 1.10 bits per heavy atom. The average molecular weight is 411 g/mol. The smallest absolute Gasteiger partial charge is 0.248 e. The monoisotopic (exact) mass is 410 g/mol. The largest absolute Gasteiger partial charge is 0.375 e. The fourth-order valence-electron chi connectivity index (χ4n) is 3.77. The zero-order chi connectivity index (χ0) is 21.7. The zero-order valence-corrected chi connectivity index (χ0v) is 18.9. The number of benzene rings is 1. The van der Waals surface area contributed by atoms with Crippen LogP contribution in [0.1, 0.15) is 54.4 Å². The Labute approximate surface area is 180 Å². The van der Waals surface area contributed by atoms with Gasteiger partial charge in [0.05, 0.1) is 0 Å². The maximum atomic E-state index is 12.2. The van der Waals surface area contributed by atoms with Gasteiger partial charge in [-0.15, -0.1) is 0 Å².